The molecule has 0 aromatic carbocycles. The molecule has 0 amide bonds. The lowest BCUT2D eigenvalue weighted by Gasteiger charge is -2.11. The summed E-state index contributed by atoms with van der Waals surface area (Å²) >= 11 is 1.60. The maximum Gasteiger partial charge on any atom is 0.329 e. The number of thioether (sulfide) groups is 1. The molecule has 0 spiro atoms. The van der Waals surface area contributed by atoms with Gasteiger partial charge in [0.1, 0.15) is 0 Å². The summed E-state index contributed by atoms with van der Waals surface area (Å²) in [6.07, 6.45) is 0.996. The van der Waals surface area contributed by atoms with Gasteiger partial charge < -0.3 is 4.57 Å². The Morgan fingerprint density at radius 2 is 2.14 bits per heavy atom. The molecule has 0 aliphatic rings. The summed E-state index contributed by atoms with van der Waals surface area (Å²) in [5.74, 6) is 0. The predicted molar refractivity (Wildman–Crippen MR) is 86.0 cm³/mol. The fourth-order valence-corrected chi connectivity index (χ4v) is 2.93. The maximum atomic E-state index is 12.2. The van der Waals surface area contributed by atoms with E-state index < -0.39 is 11.2 Å². The molecule has 2 rings (SSSR count). The maximum absolute atomic E-state index is 12.2. The topological polar surface area (TPSA) is 72.7 Å². The van der Waals surface area contributed by atoms with Gasteiger partial charge in [-0.3, -0.25) is 14.3 Å². The van der Waals surface area contributed by atoms with Crippen molar-refractivity contribution < 1.29 is 0 Å². The number of nitrogens with one attached hydrogen (secondary N) is 1. The van der Waals surface area contributed by atoms with Crippen molar-refractivity contribution in [3.63, 3.8) is 0 Å². The van der Waals surface area contributed by atoms with Crippen molar-refractivity contribution in [1.29, 1.82) is 0 Å². The lowest BCUT2D eigenvalue weighted by atomic mass is 10.3. The number of hydrogen-bond acceptors (Lipinski definition) is 4. The Labute approximate surface area is 126 Å². The lowest BCUT2D eigenvalue weighted by Crippen LogP contribution is -2.29. The molecule has 21 heavy (non-hydrogen) atoms. The van der Waals surface area contributed by atoms with E-state index in [-0.39, 0.29) is 0 Å². The number of rotatable bonds is 5. The van der Waals surface area contributed by atoms with E-state index in [2.05, 4.69) is 30.4 Å². The van der Waals surface area contributed by atoms with Crippen LogP contribution in [0.4, 0.5) is 0 Å². The first-order chi connectivity index (χ1) is 9.85. The zero-order valence-corrected chi connectivity index (χ0v) is 13.6. The van der Waals surface area contributed by atoms with Crippen LogP contribution in [0.5, 0.6) is 0 Å². The number of nitrogens with zero attached hydrogens (tertiary/aromatic N) is 3. The van der Waals surface area contributed by atoms with Crippen LogP contribution < -0.4 is 11.2 Å². The Bertz CT molecular complexity index is 800. The molecule has 0 radical (unpaired) electrons. The van der Waals surface area contributed by atoms with Gasteiger partial charge in [-0.2, -0.15) is 0 Å². The van der Waals surface area contributed by atoms with Crippen molar-refractivity contribution in [2.24, 2.45) is 7.05 Å². The second kappa shape index (κ2) is 5.93. The van der Waals surface area contributed by atoms with Crippen LogP contribution in [0.3, 0.4) is 0 Å². The first kappa shape index (κ1) is 15.6. The minimum absolute atomic E-state index is 0.377. The molecule has 1 unspecified atom stereocenters. The highest BCUT2D eigenvalue weighted by molar-refractivity contribution is 7.99. The summed E-state index contributed by atoms with van der Waals surface area (Å²) in [6, 6.07) is 0. The summed E-state index contributed by atoms with van der Waals surface area (Å²) in [5, 5.41) is 1.12. The molecule has 0 saturated heterocycles. The highest BCUT2D eigenvalue weighted by Gasteiger charge is 2.18. The van der Waals surface area contributed by atoms with Crippen molar-refractivity contribution in [2.45, 2.75) is 44.1 Å². The van der Waals surface area contributed by atoms with Crippen LogP contribution in [0.2, 0.25) is 0 Å². The third-order valence-electron chi connectivity index (χ3n) is 3.28. The lowest BCUT2D eigenvalue weighted by molar-refractivity contribution is 0.715. The van der Waals surface area contributed by atoms with Crippen LogP contribution in [-0.2, 0) is 13.6 Å². The van der Waals surface area contributed by atoms with E-state index in [1.165, 1.54) is 4.57 Å². The van der Waals surface area contributed by atoms with Crippen LogP contribution in [0.15, 0.2) is 26.9 Å². The molecule has 2 aromatic rings. The van der Waals surface area contributed by atoms with E-state index in [1.54, 1.807) is 18.8 Å². The van der Waals surface area contributed by atoms with E-state index in [4.69, 9.17) is 0 Å². The largest absolute Gasteiger partial charge is 0.329 e. The summed E-state index contributed by atoms with van der Waals surface area (Å²) in [4.78, 5) is 30.7. The highest BCUT2D eigenvalue weighted by Crippen LogP contribution is 2.27. The number of fused-ring (bicyclic) bond motifs is 1. The summed E-state index contributed by atoms with van der Waals surface area (Å²) in [5.41, 5.74) is 0.903. The van der Waals surface area contributed by atoms with Gasteiger partial charge in [0.05, 0.1) is 0 Å². The first-order valence-electron chi connectivity index (χ1n) is 6.85. The summed E-state index contributed by atoms with van der Waals surface area (Å²) in [6.45, 7) is 10.5. The second-order valence-corrected chi connectivity index (χ2v) is 6.67. The number of hydrogen-bond donors (Lipinski definition) is 1. The fraction of sp³-hybridized carbons (Fsp3) is 0.500. The third-order valence-corrected chi connectivity index (χ3v) is 4.54. The van der Waals surface area contributed by atoms with E-state index in [0.717, 1.165) is 17.2 Å². The van der Waals surface area contributed by atoms with Crippen LogP contribution in [-0.4, -0.2) is 24.4 Å². The molecular formula is C14H20N4O2S. The van der Waals surface area contributed by atoms with Gasteiger partial charge in [0.2, 0.25) is 0 Å². The first-order valence-corrected chi connectivity index (χ1v) is 7.73. The second-order valence-electron chi connectivity index (χ2n) is 5.26. The van der Waals surface area contributed by atoms with Crippen LogP contribution >= 0.6 is 11.8 Å². The van der Waals surface area contributed by atoms with Gasteiger partial charge in [-0.05, 0) is 13.3 Å². The van der Waals surface area contributed by atoms with Gasteiger partial charge in [-0.15, -0.1) is 0 Å². The minimum atomic E-state index is -0.451. The molecule has 0 fully saturated rings. The number of aromatic amines is 1. The third kappa shape index (κ3) is 2.97. The van der Waals surface area contributed by atoms with E-state index in [1.807, 2.05) is 11.5 Å². The van der Waals surface area contributed by atoms with Crippen LogP contribution in [0, 0.1) is 0 Å². The summed E-state index contributed by atoms with van der Waals surface area (Å²) in [7, 11) is 1.61. The predicted octanol–water partition coefficient (Wildman–Crippen LogP) is 1.89. The Morgan fingerprint density at radius 1 is 1.48 bits per heavy atom. The van der Waals surface area contributed by atoms with E-state index in [0.29, 0.717) is 23.0 Å². The van der Waals surface area contributed by atoms with Gasteiger partial charge in [-0.1, -0.05) is 37.8 Å². The monoisotopic (exact) mass is 308 g/mol. The fourth-order valence-electron chi connectivity index (χ4n) is 1.98. The highest BCUT2D eigenvalue weighted by atomic mass is 32.2. The smallest absolute Gasteiger partial charge is 0.309 e. The molecule has 1 N–H and O–H groups in total. The van der Waals surface area contributed by atoms with Crippen LogP contribution in [0.25, 0.3) is 11.2 Å². The van der Waals surface area contributed by atoms with Gasteiger partial charge >= 0.3 is 5.69 Å². The number of aromatic nitrogens is 4. The molecule has 7 heteroatoms. The molecule has 0 aliphatic carbocycles. The van der Waals surface area contributed by atoms with Gasteiger partial charge in [0.25, 0.3) is 5.56 Å². The zero-order valence-electron chi connectivity index (χ0n) is 12.8. The average Bonchev–Trinajstić information content (AvgIpc) is 2.74. The molecule has 114 valence electrons. The zero-order chi connectivity index (χ0) is 15.7. The van der Waals surface area contributed by atoms with E-state index >= 15 is 0 Å². The van der Waals surface area contributed by atoms with Crippen molar-refractivity contribution in [1.82, 2.24) is 19.1 Å². The number of aryl methyl sites for hydroxylation is 1. The molecule has 6 nitrogen and oxygen atoms in total. The molecule has 0 aliphatic heterocycles. The van der Waals surface area contributed by atoms with Crippen molar-refractivity contribution in [3.05, 3.63) is 33.0 Å². The van der Waals surface area contributed by atoms with Crippen molar-refractivity contribution in [3.8, 4) is 0 Å². The quantitative estimate of drug-likeness (QED) is 0.676. The summed E-state index contributed by atoms with van der Waals surface area (Å²) < 4.78 is 3.21. The van der Waals surface area contributed by atoms with Crippen molar-refractivity contribution in [2.75, 3.05) is 0 Å². The SMILES string of the molecule is C=C(C)Cn1c(SC(C)CC)nc2c1c(=O)[nH]c(=O)n2C. The normalized spacial score (nSPS) is 12.8. The Morgan fingerprint density at radius 3 is 2.71 bits per heavy atom. The molecule has 0 saturated carbocycles. The number of allylic oxidation sites excluding steroid dienone is 1. The van der Waals surface area contributed by atoms with E-state index in [9.17, 15) is 9.59 Å². The van der Waals surface area contributed by atoms with Gasteiger partial charge in [0.15, 0.2) is 16.3 Å². The van der Waals surface area contributed by atoms with Gasteiger partial charge in [0, 0.05) is 18.8 Å². The molecule has 1 atom stereocenters. The molecular weight excluding hydrogens is 288 g/mol. The van der Waals surface area contributed by atoms with Crippen LogP contribution in [0.1, 0.15) is 27.2 Å². The standard InChI is InChI=1S/C14H20N4O2S/c1-6-9(4)21-14-15-11-10(18(14)7-8(2)3)12(19)16-13(20)17(11)5/h9H,2,6-7H2,1,3-5H3,(H,16,19,20). The molecule has 2 aromatic heterocycles. The molecule has 0 bridgehead atoms. The van der Waals surface area contributed by atoms with Crippen molar-refractivity contribution >= 4 is 22.9 Å². The Kier molecular flexibility index (Phi) is 4.41. The minimum Gasteiger partial charge on any atom is -0.309 e. The Hall–Kier alpha value is -1.76. The Balaban J connectivity index is 2.75. The molecule has 2 heterocycles. The average molecular weight is 308 g/mol. The number of H-pyrrole nitrogens is 1. The number of imidazole rings is 1. The van der Waals surface area contributed by atoms with Gasteiger partial charge in [-0.25, -0.2) is 9.78 Å².